The summed E-state index contributed by atoms with van der Waals surface area (Å²) in [5.41, 5.74) is 0. The topological polar surface area (TPSA) is 52.6 Å². The van der Waals surface area contributed by atoms with E-state index in [0.717, 1.165) is 57.0 Å². The summed E-state index contributed by atoms with van der Waals surface area (Å²) in [6.45, 7) is 2.06. The Hall–Kier alpha value is -0.610. The number of carbonyl (C=O) groups is 1. The highest BCUT2D eigenvalue weighted by molar-refractivity contribution is 5.82. The molecule has 0 aromatic heterocycles. The molecule has 1 amide bonds. The van der Waals surface area contributed by atoms with Gasteiger partial charge in [-0.05, 0) is 56.8 Å². The zero-order valence-electron chi connectivity index (χ0n) is 13.5. The number of amides is 1. The first kappa shape index (κ1) is 14.9. The third kappa shape index (κ3) is 3.18. The number of aliphatic hydroxyl groups is 1. The van der Waals surface area contributed by atoms with Crippen molar-refractivity contribution in [2.75, 3.05) is 13.1 Å². The molecule has 124 valence electrons. The molecule has 0 radical (unpaired) electrons. The average molecular weight is 306 g/mol. The molecule has 1 heterocycles. The van der Waals surface area contributed by atoms with Crippen molar-refractivity contribution in [2.45, 2.75) is 76.0 Å². The van der Waals surface area contributed by atoms with Gasteiger partial charge in [0.15, 0.2) is 0 Å². The van der Waals surface area contributed by atoms with Crippen molar-refractivity contribution < 1.29 is 9.90 Å². The van der Waals surface area contributed by atoms with Gasteiger partial charge >= 0.3 is 0 Å². The van der Waals surface area contributed by atoms with E-state index in [-0.39, 0.29) is 6.10 Å². The maximum absolute atomic E-state index is 12.3. The fourth-order valence-corrected chi connectivity index (χ4v) is 4.76. The summed E-state index contributed by atoms with van der Waals surface area (Å²) >= 11 is 0. The molecule has 0 aromatic rings. The van der Waals surface area contributed by atoms with E-state index in [4.69, 9.17) is 0 Å². The van der Waals surface area contributed by atoms with Crippen molar-refractivity contribution in [2.24, 2.45) is 17.8 Å². The lowest BCUT2D eigenvalue weighted by atomic mass is 9.89. The van der Waals surface area contributed by atoms with Gasteiger partial charge in [-0.3, -0.25) is 9.69 Å². The van der Waals surface area contributed by atoms with Crippen LogP contribution in [0.2, 0.25) is 0 Å². The van der Waals surface area contributed by atoms with Crippen LogP contribution in [0.5, 0.6) is 0 Å². The van der Waals surface area contributed by atoms with Crippen molar-refractivity contribution in [1.82, 2.24) is 10.2 Å². The zero-order valence-corrected chi connectivity index (χ0v) is 13.5. The normalized spacial score (nSPS) is 40.4. The number of hydrogen-bond donors (Lipinski definition) is 2. The SMILES string of the molecule is O=C(NC1CCN(C2CCCCC2O)CC1)C1CC1C1CC1. The highest BCUT2D eigenvalue weighted by Gasteiger charge is 2.51. The van der Waals surface area contributed by atoms with Crippen LogP contribution in [0, 0.1) is 17.8 Å². The molecule has 0 bridgehead atoms. The molecule has 4 nitrogen and oxygen atoms in total. The van der Waals surface area contributed by atoms with Crippen LogP contribution in [0.25, 0.3) is 0 Å². The summed E-state index contributed by atoms with van der Waals surface area (Å²) in [5, 5.41) is 13.5. The van der Waals surface area contributed by atoms with Crippen LogP contribution in [0.15, 0.2) is 0 Å². The Morgan fingerprint density at radius 2 is 1.73 bits per heavy atom. The number of aliphatic hydroxyl groups excluding tert-OH is 1. The van der Waals surface area contributed by atoms with Crippen molar-refractivity contribution in [1.29, 1.82) is 0 Å². The molecule has 4 unspecified atom stereocenters. The highest BCUT2D eigenvalue weighted by Crippen LogP contribution is 2.54. The zero-order chi connectivity index (χ0) is 15.1. The fourth-order valence-electron chi connectivity index (χ4n) is 4.76. The van der Waals surface area contributed by atoms with Crippen LogP contribution in [0.4, 0.5) is 0 Å². The highest BCUT2D eigenvalue weighted by atomic mass is 16.3. The monoisotopic (exact) mass is 306 g/mol. The second kappa shape index (κ2) is 6.12. The largest absolute Gasteiger partial charge is 0.391 e. The molecule has 3 aliphatic carbocycles. The summed E-state index contributed by atoms with van der Waals surface area (Å²) in [4.78, 5) is 14.8. The number of nitrogens with one attached hydrogen (secondary N) is 1. The predicted octanol–water partition coefficient (Wildman–Crippen LogP) is 1.92. The first-order valence-electron chi connectivity index (χ1n) is 9.45. The average Bonchev–Trinajstić information content (AvgIpc) is 3.38. The molecular weight excluding hydrogens is 276 g/mol. The second-order valence-corrected chi connectivity index (χ2v) is 8.08. The second-order valence-electron chi connectivity index (χ2n) is 8.08. The Morgan fingerprint density at radius 3 is 2.41 bits per heavy atom. The molecule has 4 fully saturated rings. The molecule has 4 atom stereocenters. The first-order chi connectivity index (χ1) is 10.7. The maximum Gasteiger partial charge on any atom is 0.223 e. The van der Waals surface area contributed by atoms with Gasteiger partial charge in [0.05, 0.1) is 6.10 Å². The van der Waals surface area contributed by atoms with Crippen LogP contribution in [0.3, 0.4) is 0 Å². The molecule has 4 heteroatoms. The Kier molecular flexibility index (Phi) is 4.16. The standard InChI is InChI=1S/C18H30N2O2/c21-17-4-2-1-3-16(17)20-9-7-13(8-10-20)19-18(22)15-11-14(15)12-5-6-12/h12-17,21H,1-11H2,(H,19,22). The fraction of sp³-hybridized carbons (Fsp3) is 0.944. The number of nitrogens with zero attached hydrogens (tertiary/aromatic N) is 1. The molecular formula is C18H30N2O2. The molecule has 3 saturated carbocycles. The van der Waals surface area contributed by atoms with Gasteiger partial charge < -0.3 is 10.4 Å². The van der Waals surface area contributed by atoms with E-state index in [0.29, 0.717) is 23.9 Å². The Bertz CT molecular complexity index is 415. The lowest BCUT2D eigenvalue weighted by Gasteiger charge is -2.41. The summed E-state index contributed by atoms with van der Waals surface area (Å²) in [7, 11) is 0. The smallest absolute Gasteiger partial charge is 0.223 e. The Balaban J connectivity index is 1.21. The van der Waals surface area contributed by atoms with Crippen LogP contribution in [0.1, 0.15) is 57.8 Å². The number of rotatable bonds is 4. The Labute approximate surface area is 133 Å². The number of likely N-dealkylation sites (tertiary alicyclic amines) is 1. The molecule has 0 aromatic carbocycles. The van der Waals surface area contributed by atoms with Crippen LogP contribution in [-0.4, -0.2) is 47.2 Å². The molecule has 4 rings (SSSR count). The summed E-state index contributed by atoms with van der Waals surface area (Å²) < 4.78 is 0. The summed E-state index contributed by atoms with van der Waals surface area (Å²) in [6, 6.07) is 0.734. The van der Waals surface area contributed by atoms with Gasteiger partial charge in [-0.1, -0.05) is 12.8 Å². The van der Waals surface area contributed by atoms with Crippen LogP contribution >= 0.6 is 0 Å². The van der Waals surface area contributed by atoms with E-state index < -0.39 is 0 Å². The van der Waals surface area contributed by atoms with Gasteiger partial charge in [0.2, 0.25) is 5.91 Å². The Morgan fingerprint density at radius 1 is 1.00 bits per heavy atom. The van der Waals surface area contributed by atoms with Gasteiger partial charge in [0.1, 0.15) is 0 Å². The molecule has 22 heavy (non-hydrogen) atoms. The molecule has 2 N–H and O–H groups in total. The molecule has 4 aliphatic rings. The lowest BCUT2D eigenvalue weighted by molar-refractivity contribution is -0.123. The van der Waals surface area contributed by atoms with Crippen molar-refractivity contribution in [3.8, 4) is 0 Å². The molecule has 1 aliphatic heterocycles. The quantitative estimate of drug-likeness (QED) is 0.834. The predicted molar refractivity (Wildman–Crippen MR) is 85.3 cm³/mol. The number of piperidine rings is 1. The van der Waals surface area contributed by atoms with Crippen LogP contribution < -0.4 is 5.32 Å². The van der Waals surface area contributed by atoms with Gasteiger partial charge in [-0.25, -0.2) is 0 Å². The minimum Gasteiger partial charge on any atom is -0.391 e. The van der Waals surface area contributed by atoms with E-state index in [1.54, 1.807) is 0 Å². The van der Waals surface area contributed by atoms with E-state index in [9.17, 15) is 9.90 Å². The summed E-state index contributed by atoms with van der Waals surface area (Å²) in [5.74, 6) is 2.27. The molecule has 0 spiro atoms. The third-order valence-electron chi connectivity index (χ3n) is 6.44. The van der Waals surface area contributed by atoms with Gasteiger partial charge in [0, 0.05) is 31.1 Å². The van der Waals surface area contributed by atoms with Gasteiger partial charge in [-0.15, -0.1) is 0 Å². The van der Waals surface area contributed by atoms with Gasteiger partial charge in [-0.2, -0.15) is 0 Å². The van der Waals surface area contributed by atoms with E-state index in [1.807, 2.05) is 0 Å². The van der Waals surface area contributed by atoms with E-state index >= 15 is 0 Å². The molecule has 1 saturated heterocycles. The first-order valence-corrected chi connectivity index (χ1v) is 9.45. The lowest BCUT2D eigenvalue weighted by Crippen LogP contribution is -2.52. The van der Waals surface area contributed by atoms with Crippen molar-refractivity contribution in [3.63, 3.8) is 0 Å². The minimum atomic E-state index is -0.134. The maximum atomic E-state index is 12.3. The summed E-state index contributed by atoms with van der Waals surface area (Å²) in [6.07, 6.45) is 10.4. The minimum absolute atomic E-state index is 0.134. The third-order valence-corrected chi connectivity index (χ3v) is 6.44. The number of carbonyl (C=O) groups excluding carboxylic acids is 1. The van der Waals surface area contributed by atoms with Gasteiger partial charge in [0.25, 0.3) is 0 Å². The van der Waals surface area contributed by atoms with E-state index in [2.05, 4.69) is 10.2 Å². The van der Waals surface area contributed by atoms with E-state index in [1.165, 1.54) is 25.7 Å². The van der Waals surface area contributed by atoms with Crippen LogP contribution in [-0.2, 0) is 4.79 Å². The van der Waals surface area contributed by atoms with Crippen molar-refractivity contribution in [3.05, 3.63) is 0 Å². The van der Waals surface area contributed by atoms with Crippen molar-refractivity contribution >= 4 is 5.91 Å². The number of hydrogen-bond acceptors (Lipinski definition) is 3.